The molecule has 0 radical (unpaired) electrons. The molecule has 0 saturated heterocycles. The van der Waals surface area contributed by atoms with Gasteiger partial charge in [0.1, 0.15) is 0 Å². The Kier molecular flexibility index (Phi) is 5.00. The molecule has 15 heavy (non-hydrogen) atoms. The maximum absolute atomic E-state index is 10.7. The molecule has 0 saturated carbocycles. The lowest BCUT2D eigenvalue weighted by atomic mass is 10.1. The Bertz CT molecular complexity index is 398. The van der Waals surface area contributed by atoms with Crippen LogP contribution in [0.15, 0.2) is 24.3 Å². The van der Waals surface area contributed by atoms with E-state index in [9.17, 15) is 4.79 Å². The van der Waals surface area contributed by atoms with E-state index in [1.807, 2.05) is 12.1 Å². The predicted octanol–water partition coefficient (Wildman–Crippen LogP) is 2.88. The van der Waals surface area contributed by atoms with E-state index in [2.05, 4.69) is 30.9 Å². The molecule has 2 heteroatoms. The van der Waals surface area contributed by atoms with Crippen LogP contribution in [0.2, 0.25) is 0 Å². The van der Waals surface area contributed by atoms with Crippen molar-refractivity contribution in [2.24, 2.45) is 0 Å². The highest BCUT2D eigenvalue weighted by atomic mass is 32.2. The van der Waals surface area contributed by atoms with Crippen molar-refractivity contribution >= 4 is 16.9 Å². The fraction of sp³-hybridized carbons (Fsp3) is 0.308. The van der Waals surface area contributed by atoms with Crippen LogP contribution < -0.4 is 0 Å². The summed E-state index contributed by atoms with van der Waals surface area (Å²) in [5.74, 6) is 6.60. The second kappa shape index (κ2) is 6.31. The first-order valence-corrected chi connectivity index (χ1v) is 5.92. The molecule has 0 spiro atoms. The first kappa shape index (κ1) is 11.9. The van der Waals surface area contributed by atoms with Gasteiger partial charge in [0, 0.05) is 12.5 Å². The second-order valence-electron chi connectivity index (χ2n) is 3.14. The van der Waals surface area contributed by atoms with Crippen LogP contribution in [-0.4, -0.2) is 10.9 Å². The zero-order chi connectivity index (χ0) is 11.1. The lowest BCUT2D eigenvalue weighted by molar-refractivity contribution is -0.109. The quantitative estimate of drug-likeness (QED) is 0.710. The van der Waals surface area contributed by atoms with Gasteiger partial charge in [0.2, 0.25) is 0 Å². The van der Waals surface area contributed by atoms with E-state index in [0.29, 0.717) is 5.75 Å². The van der Waals surface area contributed by atoms with E-state index in [-0.39, 0.29) is 5.12 Å². The summed E-state index contributed by atoms with van der Waals surface area (Å²) >= 11 is 1.25. The van der Waals surface area contributed by atoms with Gasteiger partial charge in [-0.15, -0.1) is 0 Å². The molecule has 0 aliphatic carbocycles. The molecule has 0 amide bonds. The van der Waals surface area contributed by atoms with Gasteiger partial charge >= 0.3 is 0 Å². The van der Waals surface area contributed by atoms with Gasteiger partial charge in [0.05, 0.1) is 5.75 Å². The zero-order valence-corrected chi connectivity index (χ0v) is 9.86. The van der Waals surface area contributed by atoms with Gasteiger partial charge in [0.15, 0.2) is 5.12 Å². The highest BCUT2D eigenvalue weighted by Gasteiger charge is 1.91. The van der Waals surface area contributed by atoms with Crippen LogP contribution in [0.4, 0.5) is 0 Å². The number of hydrogen-bond donors (Lipinski definition) is 0. The van der Waals surface area contributed by atoms with Gasteiger partial charge in [-0.3, -0.25) is 4.79 Å². The molecule has 0 aromatic heterocycles. The molecule has 0 unspecified atom stereocenters. The van der Waals surface area contributed by atoms with E-state index >= 15 is 0 Å². The van der Waals surface area contributed by atoms with Crippen molar-refractivity contribution < 1.29 is 4.79 Å². The summed E-state index contributed by atoms with van der Waals surface area (Å²) in [6, 6.07) is 8.19. The lowest BCUT2D eigenvalue weighted by Crippen LogP contribution is -1.83. The number of carbonyl (C=O) groups excluding carboxylic acids is 1. The molecule has 0 atom stereocenters. The van der Waals surface area contributed by atoms with Crippen molar-refractivity contribution in [3.8, 4) is 11.8 Å². The number of hydrogen-bond acceptors (Lipinski definition) is 2. The van der Waals surface area contributed by atoms with Gasteiger partial charge in [-0.25, -0.2) is 0 Å². The van der Waals surface area contributed by atoms with Crippen LogP contribution in [0.5, 0.6) is 0 Å². The molecule has 0 aliphatic heterocycles. The van der Waals surface area contributed by atoms with Crippen LogP contribution in [-0.2, 0) is 11.2 Å². The topological polar surface area (TPSA) is 17.1 Å². The summed E-state index contributed by atoms with van der Waals surface area (Å²) in [6.45, 7) is 3.68. The molecular formula is C13H14OS. The molecule has 1 aromatic rings. The van der Waals surface area contributed by atoms with Crippen molar-refractivity contribution in [2.75, 3.05) is 5.75 Å². The zero-order valence-electron chi connectivity index (χ0n) is 9.04. The Morgan fingerprint density at radius 2 is 2.27 bits per heavy atom. The standard InChI is InChI=1S/C13H14OS/c1-3-12-6-4-7-13(10-12)8-5-9-15-11(2)14/h4,6-7,10H,3,9H2,1-2H3. The van der Waals surface area contributed by atoms with Crippen molar-refractivity contribution in [3.05, 3.63) is 35.4 Å². The number of benzene rings is 1. The number of carbonyl (C=O) groups is 1. The fourth-order valence-electron chi connectivity index (χ4n) is 1.14. The Morgan fingerprint density at radius 3 is 2.93 bits per heavy atom. The van der Waals surface area contributed by atoms with Crippen LogP contribution in [0.25, 0.3) is 0 Å². The lowest BCUT2D eigenvalue weighted by Gasteiger charge is -1.95. The average molecular weight is 218 g/mol. The van der Waals surface area contributed by atoms with Gasteiger partial charge in [-0.05, 0) is 24.1 Å². The average Bonchev–Trinajstić information content (AvgIpc) is 2.24. The molecule has 1 nitrogen and oxygen atoms in total. The van der Waals surface area contributed by atoms with E-state index in [4.69, 9.17) is 0 Å². The SMILES string of the molecule is CCc1cccc(C#CCSC(C)=O)c1. The fourth-order valence-corrected chi connectivity index (χ4v) is 1.49. The largest absolute Gasteiger partial charge is 0.288 e. The van der Waals surface area contributed by atoms with Gasteiger partial charge < -0.3 is 0 Å². The Labute approximate surface area is 95.3 Å². The second-order valence-corrected chi connectivity index (χ2v) is 4.29. The van der Waals surface area contributed by atoms with Crippen LogP contribution in [0.3, 0.4) is 0 Å². The molecule has 78 valence electrons. The van der Waals surface area contributed by atoms with Crippen molar-refractivity contribution in [1.82, 2.24) is 0 Å². The molecule has 0 heterocycles. The summed E-state index contributed by atoms with van der Waals surface area (Å²) < 4.78 is 0. The summed E-state index contributed by atoms with van der Waals surface area (Å²) in [5.41, 5.74) is 2.32. The normalized spacial score (nSPS) is 9.20. The molecular weight excluding hydrogens is 204 g/mol. The minimum atomic E-state index is 0.117. The number of aryl methyl sites for hydroxylation is 1. The summed E-state index contributed by atoms with van der Waals surface area (Å²) in [7, 11) is 0. The number of rotatable bonds is 2. The Balaban J connectivity index is 2.59. The summed E-state index contributed by atoms with van der Waals surface area (Å²) in [6.07, 6.45) is 1.03. The minimum Gasteiger partial charge on any atom is -0.288 e. The third-order valence-electron chi connectivity index (χ3n) is 1.92. The molecule has 1 rings (SSSR count). The van der Waals surface area contributed by atoms with Gasteiger partial charge in [-0.2, -0.15) is 0 Å². The molecule has 0 aliphatic rings. The van der Waals surface area contributed by atoms with Crippen molar-refractivity contribution in [2.45, 2.75) is 20.3 Å². The van der Waals surface area contributed by atoms with Gasteiger partial charge in [-0.1, -0.05) is 42.7 Å². The third kappa shape index (κ3) is 4.71. The van der Waals surface area contributed by atoms with Crippen molar-refractivity contribution in [3.63, 3.8) is 0 Å². The maximum Gasteiger partial charge on any atom is 0.186 e. The number of thioether (sulfide) groups is 1. The van der Waals surface area contributed by atoms with E-state index in [1.54, 1.807) is 6.92 Å². The van der Waals surface area contributed by atoms with Gasteiger partial charge in [0.25, 0.3) is 0 Å². The maximum atomic E-state index is 10.7. The molecule has 0 fully saturated rings. The highest BCUT2D eigenvalue weighted by molar-refractivity contribution is 8.13. The molecule has 0 bridgehead atoms. The summed E-state index contributed by atoms with van der Waals surface area (Å²) in [5, 5.41) is 0.117. The van der Waals surface area contributed by atoms with Crippen LogP contribution >= 0.6 is 11.8 Å². The molecule has 0 N–H and O–H groups in total. The monoisotopic (exact) mass is 218 g/mol. The minimum absolute atomic E-state index is 0.117. The first-order valence-electron chi connectivity index (χ1n) is 4.93. The summed E-state index contributed by atoms with van der Waals surface area (Å²) in [4.78, 5) is 10.7. The molecule has 1 aromatic carbocycles. The third-order valence-corrected chi connectivity index (χ3v) is 2.61. The predicted molar refractivity (Wildman–Crippen MR) is 65.8 cm³/mol. The van der Waals surface area contributed by atoms with Crippen molar-refractivity contribution in [1.29, 1.82) is 0 Å². The Hall–Kier alpha value is -1.20. The smallest absolute Gasteiger partial charge is 0.186 e. The van der Waals surface area contributed by atoms with E-state index in [0.717, 1.165) is 12.0 Å². The van der Waals surface area contributed by atoms with E-state index < -0.39 is 0 Å². The first-order chi connectivity index (χ1) is 7.22. The highest BCUT2D eigenvalue weighted by Crippen LogP contribution is 2.05. The Morgan fingerprint density at radius 1 is 1.47 bits per heavy atom. The van der Waals surface area contributed by atoms with E-state index in [1.165, 1.54) is 17.3 Å². The van der Waals surface area contributed by atoms with Crippen LogP contribution in [0, 0.1) is 11.8 Å². The van der Waals surface area contributed by atoms with Crippen LogP contribution in [0.1, 0.15) is 25.0 Å².